The quantitative estimate of drug-likeness (QED) is 0.0202. The molecule has 0 aromatic carbocycles. The molecule has 6 atom stereocenters. The molecule has 1 heterocycles. The van der Waals surface area contributed by atoms with Gasteiger partial charge in [-0.2, -0.15) is 8.42 Å². The van der Waals surface area contributed by atoms with E-state index in [1.165, 1.54) is 70.6 Å². The van der Waals surface area contributed by atoms with Crippen LogP contribution < -0.4 is 0 Å². The molecule has 1 aliphatic heterocycles. The van der Waals surface area contributed by atoms with Gasteiger partial charge in [-0.05, 0) is 51.4 Å². The Morgan fingerprint density at radius 2 is 1.17 bits per heavy atom. The van der Waals surface area contributed by atoms with Crippen LogP contribution in [0.25, 0.3) is 0 Å². The first kappa shape index (κ1) is 53.8. The van der Waals surface area contributed by atoms with Crippen LogP contribution in [0.5, 0.6) is 0 Å². The molecule has 0 aromatic heterocycles. The maximum absolute atomic E-state index is 12.8. The molecule has 0 radical (unpaired) electrons. The maximum atomic E-state index is 12.8. The van der Waals surface area contributed by atoms with E-state index in [0.717, 1.165) is 51.4 Å². The zero-order valence-corrected chi connectivity index (χ0v) is 36.4. The van der Waals surface area contributed by atoms with Crippen LogP contribution >= 0.6 is 0 Å². The van der Waals surface area contributed by atoms with Gasteiger partial charge < -0.3 is 34.3 Å². The number of esters is 1. The van der Waals surface area contributed by atoms with Crippen molar-refractivity contribution in [3.05, 3.63) is 60.8 Å². The molecule has 13 heteroatoms. The van der Waals surface area contributed by atoms with E-state index in [2.05, 4.69) is 72.7 Å². The largest absolute Gasteiger partial charge is 0.457 e. The highest BCUT2D eigenvalue weighted by atomic mass is 32.3. The number of carbonyl (C=O) groups is 1. The van der Waals surface area contributed by atoms with E-state index >= 15 is 0 Å². The number of ether oxygens (including phenoxy) is 4. The Labute approximate surface area is 350 Å². The number of aliphatic hydroxyl groups is 3. The number of aliphatic hydroxyl groups excluding tert-OH is 3. The van der Waals surface area contributed by atoms with E-state index in [9.17, 15) is 28.5 Å². The number of hydrogen-bond donors (Lipinski definition) is 4. The molecule has 0 aromatic rings. The van der Waals surface area contributed by atoms with Crippen molar-refractivity contribution in [2.75, 3.05) is 26.4 Å². The molecule has 336 valence electrons. The number of carbonyl (C=O) groups excluding carboxylic acids is 1. The molecular formula is C45H78O12S. The molecular weight excluding hydrogens is 765 g/mol. The molecule has 6 unspecified atom stereocenters. The molecule has 1 aliphatic rings. The minimum atomic E-state index is -5.07. The van der Waals surface area contributed by atoms with Gasteiger partial charge in [-0.1, -0.05) is 158 Å². The summed E-state index contributed by atoms with van der Waals surface area (Å²) in [6, 6.07) is 0. The van der Waals surface area contributed by atoms with E-state index in [0.29, 0.717) is 19.4 Å². The van der Waals surface area contributed by atoms with Crippen molar-refractivity contribution < 1.29 is 56.2 Å². The molecule has 58 heavy (non-hydrogen) atoms. The van der Waals surface area contributed by atoms with Gasteiger partial charge in [-0.3, -0.25) is 9.35 Å². The molecule has 1 rings (SSSR count). The first-order valence-corrected chi connectivity index (χ1v) is 23.4. The zero-order chi connectivity index (χ0) is 42.5. The fraction of sp³-hybridized carbons (Fsp3) is 0.756. The van der Waals surface area contributed by atoms with E-state index in [-0.39, 0.29) is 19.6 Å². The number of hydrogen-bond acceptors (Lipinski definition) is 11. The van der Waals surface area contributed by atoms with Crippen LogP contribution in [-0.2, 0) is 38.3 Å². The van der Waals surface area contributed by atoms with Crippen LogP contribution in [0.1, 0.15) is 155 Å². The summed E-state index contributed by atoms with van der Waals surface area (Å²) >= 11 is 0. The van der Waals surface area contributed by atoms with Gasteiger partial charge in [0.05, 0.1) is 19.8 Å². The minimum Gasteiger partial charge on any atom is -0.457 e. The highest BCUT2D eigenvalue weighted by Gasteiger charge is 2.48. The van der Waals surface area contributed by atoms with E-state index in [1.807, 2.05) is 6.08 Å². The molecule has 12 nitrogen and oxygen atoms in total. The number of allylic oxidation sites excluding steroid dienone is 10. The first-order chi connectivity index (χ1) is 28.1. The predicted molar refractivity (Wildman–Crippen MR) is 229 cm³/mol. The first-order valence-electron chi connectivity index (χ1n) is 22.0. The van der Waals surface area contributed by atoms with Crippen molar-refractivity contribution in [3.63, 3.8) is 0 Å². The number of unbranched alkanes of at least 4 members (excludes halogenated alkanes) is 14. The summed E-state index contributed by atoms with van der Waals surface area (Å²) in [5.74, 6) is -0.456. The highest BCUT2D eigenvalue weighted by molar-refractivity contribution is 7.80. The molecule has 0 aliphatic carbocycles. The van der Waals surface area contributed by atoms with Gasteiger partial charge in [0.15, 0.2) is 6.29 Å². The second-order valence-electron chi connectivity index (χ2n) is 14.9. The SMILES string of the molecule is CC/C=C\C/C=C\C/C=C\C/C=C\C/C=C\CCCC(=O)OC(COCCCCCCCCCCCCCCCC)COC1OC(CO)C(O)C(OS(=O)(=O)O)C1O. The summed E-state index contributed by atoms with van der Waals surface area (Å²) in [5.41, 5.74) is 0. The summed E-state index contributed by atoms with van der Waals surface area (Å²) in [7, 11) is -5.07. The van der Waals surface area contributed by atoms with Gasteiger partial charge >= 0.3 is 16.4 Å². The van der Waals surface area contributed by atoms with Gasteiger partial charge in [-0.25, -0.2) is 4.18 Å². The maximum Gasteiger partial charge on any atom is 0.397 e. The van der Waals surface area contributed by atoms with Crippen LogP contribution in [0.4, 0.5) is 0 Å². The average molecular weight is 843 g/mol. The minimum absolute atomic E-state index is 0.0127. The highest BCUT2D eigenvalue weighted by Crippen LogP contribution is 2.26. The van der Waals surface area contributed by atoms with E-state index in [4.69, 9.17) is 23.5 Å². The zero-order valence-electron chi connectivity index (χ0n) is 35.6. The molecule has 0 amide bonds. The lowest BCUT2D eigenvalue weighted by Gasteiger charge is -2.41. The Kier molecular flexibility index (Phi) is 34.0. The summed E-state index contributed by atoms with van der Waals surface area (Å²) in [6.45, 7) is 3.80. The van der Waals surface area contributed by atoms with Crippen LogP contribution in [0.3, 0.4) is 0 Å². The normalized spacial score (nSPS) is 21.1. The lowest BCUT2D eigenvalue weighted by Crippen LogP contribution is -2.60. The lowest BCUT2D eigenvalue weighted by molar-refractivity contribution is -0.301. The van der Waals surface area contributed by atoms with E-state index < -0.39 is 59.8 Å². The Bertz CT molecular complexity index is 1250. The fourth-order valence-electron chi connectivity index (χ4n) is 6.35. The summed E-state index contributed by atoms with van der Waals surface area (Å²) in [4.78, 5) is 12.8. The van der Waals surface area contributed by atoms with Gasteiger partial charge in [0.1, 0.15) is 30.5 Å². The second kappa shape index (κ2) is 36.6. The number of rotatable bonds is 37. The third kappa shape index (κ3) is 29.9. The van der Waals surface area contributed by atoms with Crippen molar-refractivity contribution >= 4 is 16.4 Å². The molecule has 4 N–H and O–H groups in total. The standard InChI is InChI=1S/C45H78O12S/c1-3-5-7-9-11-13-15-17-19-20-21-22-24-26-28-30-32-34-41(47)55-39(37-53-35-33-31-29-27-25-23-18-16-14-12-10-8-6-4-2)38-54-45-43(49)44(57-58(50,51)52)42(48)40(36-46)56-45/h5,7,11,13,17,19,21-22,26,28,39-40,42-46,48-49H,3-4,6,8-10,12,14-16,18,20,23-25,27,29-38H2,1-2H3,(H,50,51,52)/b7-5-,13-11-,19-17-,22-21-,28-26-. The lowest BCUT2D eigenvalue weighted by atomic mass is 9.99. The Morgan fingerprint density at radius 1 is 0.672 bits per heavy atom. The van der Waals surface area contributed by atoms with Gasteiger partial charge in [0, 0.05) is 13.0 Å². The van der Waals surface area contributed by atoms with Gasteiger partial charge in [0.25, 0.3) is 0 Å². The second-order valence-corrected chi connectivity index (χ2v) is 16.0. The van der Waals surface area contributed by atoms with Gasteiger partial charge in [0.2, 0.25) is 0 Å². The van der Waals surface area contributed by atoms with Crippen LogP contribution in [-0.4, -0.2) is 97.5 Å². The van der Waals surface area contributed by atoms with Gasteiger partial charge in [-0.15, -0.1) is 0 Å². The summed E-state index contributed by atoms with van der Waals surface area (Å²) < 4.78 is 58.9. The average Bonchev–Trinajstić information content (AvgIpc) is 3.19. The monoisotopic (exact) mass is 843 g/mol. The molecule has 0 spiro atoms. The summed E-state index contributed by atoms with van der Waals surface area (Å²) in [6.07, 6.45) is 35.5. The smallest absolute Gasteiger partial charge is 0.397 e. The van der Waals surface area contributed by atoms with Crippen molar-refractivity contribution in [2.24, 2.45) is 0 Å². The predicted octanol–water partition coefficient (Wildman–Crippen LogP) is 8.96. The van der Waals surface area contributed by atoms with Crippen LogP contribution in [0, 0.1) is 0 Å². The summed E-state index contributed by atoms with van der Waals surface area (Å²) in [5, 5.41) is 30.6. The Morgan fingerprint density at radius 3 is 1.67 bits per heavy atom. The van der Waals surface area contributed by atoms with E-state index in [1.54, 1.807) is 0 Å². The topological polar surface area (TPSA) is 178 Å². The van der Waals surface area contributed by atoms with Crippen LogP contribution in [0.15, 0.2) is 60.8 Å². The van der Waals surface area contributed by atoms with Crippen molar-refractivity contribution in [3.8, 4) is 0 Å². The van der Waals surface area contributed by atoms with Crippen LogP contribution in [0.2, 0.25) is 0 Å². The molecule has 1 saturated heterocycles. The molecule has 1 fully saturated rings. The Hall–Kier alpha value is -2.20. The third-order valence-electron chi connectivity index (χ3n) is 9.65. The van der Waals surface area contributed by atoms with Crippen molar-refractivity contribution in [1.82, 2.24) is 0 Å². The fourth-order valence-corrected chi connectivity index (χ4v) is 6.86. The molecule has 0 saturated carbocycles. The van der Waals surface area contributed by atoms with Crippen molar-refractivity contribution in [2.45, 2.75) is 192 Å². The van der Waals surface area contributed by atoms with Crippen molar-refractivity contribution in [1.29, 1.82) is 0 Å². The third-order valence-corrected chi connectivity index (χ3v) is 10.1. The Balaban J connectivity index is 2.50. The molecule has 0 bridgehead atoms.